The summed E-state index contributed by atoms with van der Waals surface area (Å²) in [5.74, 6) is 0. The minimum atomic E-state index is -0.482. The van der Waals surface area contributed by atoms with E-state index in [1.54, 1.807) is 24.3 Å². The van der Waals surface area contributed by atoms with Crippen molar-refractivity contribution in [2.24, 2.45) is 0 Å². The average Bonchev–Trinajstić information content (AvgIpc) is 2.83. The molecule has 0 amide bonds. The zero-order valence-electron chi connectivity index (χ0n) is 10.0. The maximum Gasteiger partial charge on any atom is 0.281 e. The van der Waals surface area contributed by atoms with Gasteiger partial charge in [0.05, 0.1) is 14.8 Å². The van der Waals surface area contributed by atoms with Gasteiger partial charge in [0, 0.05) is 11.8 Å². The number of aromatic nitrogens is 1. The number of nitro benzene ring substituents is 1. The summed E-state index contributed by atoms with van der Waals surface area (Å²) < 4.78 is 5.98. The molecule has 1 heterocycles. The Hall–Kier alpha value is -2.41. The Bertz CT molecular complexity index is 829. The van der Waals surface area contributed by atoms with Crippen molar-refractivity contribution in [3.8, 4) is 11.3 Å². The molecule has 0 radical (unpaired) electrons. The van der Waals surface area contributed by atoms with Crippen LogP contribution in [0.1, 0.15) is 0 Å². The Morgan fingerprint density at radius 1 is 1.25 bits per heavy atom. The largest absolute Gasteiger partial charge is 0.398 e. The van der Waals surface area contributed by atoms with Gasteiger partial charge in [0.2, 0.25) is 0 Å². The number of nitro groups is 1. The first kappa shape index (κ1) is 12.6. The highest BCUT2D eigenvalue weighted by atomic mass is 79.9. The second kappa shape index (κ2) is 4.61. The van der Waals surface area contributed by atoms with E-state index in [2.05, 4.69) is 21.1 Å². The monoisotopic (exact) mass is 333 g/mol. The van der Waals surface area contributed by atoms with Gasteiger partial charge in [0.25, 0.3) is 5.69 Å². The van der Waals surface area contributed by atoms with Crippen LogP contribution in [0, 0.1) is 10.1 Å². The molecule has 0 saturated carbocycles. The Morgan fingerprint density at radius 3 is 2.75 bits per heavy atom. The SMILES string of the molecule is Nc1cccc([N+](=O)[O-])c1-c1noc2c(Br)cccc12. The minimum Gasteiger partial charge on any atom is -0.398 e. The van der Waals surface area contributed by atoms with Crippen LogP contribution in [-0.2, 0) is 0 Å². The molecule has 2 N–H and O–H groups in total. The molecule has 1 aromatic heterocycles. The molecule has 0 fully saturated rings. The summed E-state index contributed by atoms with van der Waals surface area (Å²) in [5.41, 5.74) is 7.24. The molecule has 0 unspecified atom stereocenters. The third kappa shape index (κ3) is 1.83. The van der Waals surface area contributed by atoms with Crippen molar-refractivity contribution in [1.29, 1.82) is 0 Å². The zero-order valence-corrected chi connectivity index (χ0v) is 11.6. The lowest BCUT2D eigenvalue weighted by Crippen LogP contribution is -1.97. The molecule has 100 valence electrons. The molecule has 20 heavy (non-hydrogen) atoms. The number of nitrogen functional groups attached to an aromatic ring is 1. The van der Waals surface area contributed by atoms with Gasteiger partial charge in [-0.05, 0) is 34.1 Å². The first-order valence-corrected chi connectivity index (χ1v) is 6.46. The zero-order chi connectivity index (χ0) is 14.3. The molecule has 0 aliphatic carbocycles. The predicted molar refractivity (Wildman–Crippen MR) is 78.2 cm³/mol. The van der Waals surface area contributed by atoms with Gasteiger partial charge < -0.3 is 10.3 Å². The summed E-state index contributed by atoms with van der Waals surface area (Å²) in [6.07, 6.45) is 0. The third-order valence-corrected chi connectivity index (χ3v) is 3.58. The van der Waals surface area contributed by atoms with E-state index in [1.165, 1.54) is 12.1 Å². The van der Waals surface area contributed by atoms with Crippen molar-refractivity contribution in [1.82, 2.24) is 5.16 Å². The van der Waals surface area contributed by atoms with Crippen LogP contribution in [-0.4, -0.2) is 10.1 Å². The normalized spacial score (nSPS) is 10.8. The summed E-state index contributed by atoms with van der Waals surface area (Å²) >= 11 is 3.35. The quantitative estimate of drug-likeness (QED) is 0.437. The van der Waals surface area contributed by atoms with E-state index in [0.717, 1.165) is 4.47 Å². The van der Waals surface area contributed by atoms with E-state index < -0.39 is 4.92 Å². The fourth-order valence-corrected chi connectivity index (χ4v) is 2.52. The van der Waals surface area contributed by atoms with Gasteiger partial charge in [0.1, 0.15) is 11.3 Å². The van der Waals surface area contributed by atoms with E-state index >= 15 is 0 Å². The van der Waals surface area contributed by atoms with Crippen molar-refractivity contribution in [2.75, 3.05) is 5.73 Å². The van der Waals surface area contributed by atoms with Crippen molar-refractivity contribution < 1.29 is 9.45 Å². The Morgan fingerprint density at radius 2 is 2.00 bits per heavy atom. The number of fused-ring (bicyclic) bond motifs is 1. The summed E-state index contributed by atoms with van der Waals surface area (Å²) in [4.78, 5) is 10.7. The summed E-state index contributed by atoms with van der Waals surface area (Å²) in [5, 5.41) is 15.8. The molecule has 7 heteroatoms. The molecule has 0 aliphatic rings. The number of para-hydroxylation sites is 1. The van der Waals surface area contributed by atoms with Crippen LogP contribution in [0.3, 0.4) is 0 Å². The molecule has 3 aromatic rings. The fraction of sp³-hybridized carbons (Fsp3) is 0. The van der Waals surface area contributed by atoms with Crippen molar-refractivity contribution in [2.45, 2.75) is 0 Å². The van der Waals surface area contributed by atoms with E-state index in [1.807, 2.05) is 0 Å². The average molecular weight is 334 g/mol. The Balaban J connectivity index is 2.37. The predicted octanol–water partition coefficient (Wildman–Crippen LogP) is 3.75. The highest BCUT2D eigenvalue weighted by Gasteiger charge is 2.23. The molecule has 0 spiro atoms. The lowest BCUT2D eigenvalue weighted by molar-refractivity contribution is -0.384. The van der Waals surface area contributed by atoms with Gasteiger partial charge in [-0.1, -0.05) is 17.3 Å². The van der Waals surface area contributed by atoms with Gasteiger partial charge >= 0.3 is 0 Å². The standard InChI is InChI=1S/C13H8BrN3O3/c14-8-4-1-3-7-12(16-20-13(7)8)11-9(15)5-2-6-10(11)17(18)19/h1-6H,15H2. The van der Waals surface area contributed by atoms with Gasteiger partial charge in [0.15, 0.2) is 5.58 Å². The number of hydrogen-bond donors (Lipinski definition) is 1. The van der Waals surface area contributed by atoms with Crippen molar-refractivity contribution >= 4 is 38.3 Å². The number of anilines is 1. The van der Waals surface area contributed by atoms with Crippen LogP contribution < -0.4 is 5.73 Å². The summed E-state index contributed by atoms with van der Waals surface area (Å²) in [6.45, 7) is 0. The lowest BCUT2D eigenvalue weighted by atomic mass is 10.0. The number of nitrogens with two attached hydrogens (primary N) is 1. The molecule has 0 saturated heterocycles. The van der Waals surface area contributed by atoms with Gasteiger partial charge in [-0.15, -0.1) is 0 Å². The smallest absolute Gasteiger partial charge is 0.281 e. The van der Waals surface area contributed by atoms with Gasteiger partial charge in [-0.25, -0.2) is 0 Å². The Labute approximate surface area is 121 Å². The van der Waals surface area contributed by atoms with E-state index in [0.29, 0.717) is 16.7 Å². The molecular formula is C13H8BrN3O3. The Kier molecular flexibility index (Phi) is 2.90. The fourth-order valence-electron chi connectivity index (χ4n) is 2.08. The molecule has 3 rings (SSSR count). The van der Waals surface area contributed by atoms with Crippen LogP contribution in [0.5, 0.6) is 0 Å². The molecular weight excluding hydrogens is 326 g/mol. The van der Waals surface area contributed by atoms with E-state index in [4.69, 9.17) is 10.3 Å². The van der Waals surface area contributed by atoms with Gasteiger partial charge in [-0.3, -0.25) is 10.1 Å². The van der Waals surface area contributed by atoms with Crippen LogP contribution in [0.15, 0.2) is 45.4 Å². The first-order chi connectivity index (χ1) is 9.59. The van der Waals surface area contributed by atoms with E-state index in [9.17, 15) is 10.1 Å². The number of nitrogens with zero attached hydrogens (tertiary/aromatic N) is 2. The molecule has 0 aliphatic heterocycles. The molecule has 2 aromatic carbocycles. The number of benzene rings is 2. The number of hydrogen-bond acceptors (Lipinski definition) is 5. The van der Waals surface area contributed by atoms with Crippen LogP contribution >= 0.6 is 15.9 Å². The van der Waals surface area contributed by atoms with Crippen LogP contribution in [0.2, 0.25) is 0 Å². The first-order valence-electron chi connectivity index (χ1n) is 5.66. The number of rotatable bonds is 2. The highest BCUT2D eigenvalue weighted by molar-refractivity contribution is 9.10. The lowest BCUT2D eigenvalue weighted by Gasteiger charge is -2.03. The topological polar surface area (TPSA) is 95.2 Å². The minimum absolute atomic E-state index is 0.0971. The number of halogens is 1. The summed E-state index contributed by atoms with van der Waals surface area (Å²) in [6, 6.07) is 9.92. The molecule has 0 atom stereocenters. The van der Waals surface area contributed by atoms with Crippen molar-refractivity contribution in [3.63, 3.8) is 0 Å². The molecule has 6 nitrogen and oxygen atoms in total. The maximum atomic E-state index is 11.2. The van der Waals surface area contributed by atoms with Crippen LogP contribution in [0.4, 0.5) is 11.4 Å². The second-order valence-corrected chi connectivity index (χ2v) is 5.00. The summed E-state index contributed by atoms with van der Waals surface area (Å²) in [7, 11) is 0. The molecule has 0 bridgehead atoms. The third-order valence-electron chi connectivity index (χ3n) is 2.96. The van der Waals surface area contributed by atoms with E-state index in [-0.39, 0.29) is 16.9 Å². The highest BCUT2D eigenvalue weighted by Crippen LogP contribution is 2.39. The second-order valence-electron chi connectivity index (χ2n) is 4.15. The van der Waals surface area contributed by atoms with Crippen molar-refractivity contribution in [3.05, 3.63) is 51.0 Å². The van der Waals surface area contributed by atoms with Gasteiger partial charge in [-0.2, -0.15) is 0 Å². The maximum absolute atomic E-state index is 11.2. The van der Waals surface area contributed by atoms with Crippen LogP contribution in [0.25, 0.3) is 22.2 Å².